The maximum absolute atomic E-state index is 11.0. The lowest BCUT2D eigenvalue weighted by Gasteiger charge is -2.14. The Labute approximate surface area is 119 Å². The average Bonchev–Trinajstić information content (AvgIpc) is 3.09. The van der Waals surface area contributed by atoms with Crippen LogP contribution in [-0.4, -0.2) is 26.1 Å². The number of nitrogens with zero attached hydrogens (tertiary/aromatic N) is 3. The van der Waals surface area contributed by atoms with Crippen molar-refractivity contribution in [2.45, 2.75) is 19.4 Å². The first kappa shape index (κ1) is 12.8. The van der Waals surface area contributed by atoms with Gasteiger partial charge in [-0.1, -0.05) is 18.2 Å². The predicted octanol–water partition coefficient (Wildman–Crippen LogP) is 3.19. The summed E-state index contributed by atoms with van der Waals surface area (Å²) in [5.74, 6) is -0.952. The Kier molecular flexibility index (Phi) is 3.23. The molecule has 1 N–H and O–H groups in total. The average molecular weight is 287 g/mol. The molecule has 0 bridgehead atoms. The van der Waals surface area contributed by atoms with E-state index in [4.69, 9.17) is 5.11 Å². The molecule has 0 aliphatic heterocycles. The van der Waals surface area contributed by atoms with Gasteiger partial charge >= 0.3 is 5.97 Å². The molecule has 2 heterocycles. The summed E-state index contributed by atoms with van der Waals surface area (Å²) in [6, 6.07) is 9.15. The number of hydrogen-bond donors (Lipinski definition) is 1. The lowest BCUT2D eigenvalue weighted by Crippen LogP contribution is -2.10. The van der Waals surface area contributed by atoms with E-state index in [2.05, 4.69) is 23.3 Å². The van der Waals surface area contributed by atoms with Crippen LogP contribution in [0.3, 0.4) is 0 Å². The second kappa shape index (κ2) is 5.05. The van der Waals surface area contributed by atoms with Crippen molar-refractivity contribution >= 4 is 28.3 Å². The zero-order chi connectivity index (χ0) is 14.1. The zero-order valence-electron chi connectivity index (χ0n) is 10.9. The smallest absolute Gasteiger partial charge is 0.335 e. The third-order valence-corrected chi connectivity index (χ3v) is 4.25. The molecule has 5 nitrogen and oxygen atoms in total. The molecule has 0 fully saturated rings. The van der Waals surface area contributed by atoms with Crippen molar-refractivity contribution in [3.63, 3.8) is 0 Å². The van der Waals surface area contributed by atoms with Gasteiger partial charge in [-0.05, 0) is 36.1 Å². The molecule has 0 aliphatic rings. The standard InChI is InChI=1S/C14H13N3O2S/c1-2-11(13-4-3-7-20-13)17-12-6-5-9(14(18)19)8-10(12)15-16-17/h3-8,11H,2H2,1H3,(H,18,19). The number of thiophene rings is 1. The summed E-state index contributed by atoms with van der Waals surface area (Å²) < 4.78 is 1.87. The third kappa shape index (κ3) is 2.08. The molecule has 102 valence electrons. The topological polar surface area (TPSA) is 68.0 Å². The van der Waals surface area contributed by atoms with Crippen LogP contribution in [0.25, 0.3) is 11.0 Å². The molecule has 1 unspecified atom stereocenters. The van der Waals surface area contributed by atoms with E-state index >= 15 is 0 Å². The molecule has 0 amide bonds. The zero-order valence-corrected chi connectivity index (χ0v) is 11.7. The lowest BCUT2D eigenvalue weighted by atomic mass is 10.1. The second-order valence-electron chi connectivity index (χ2n) is 4.48. The van der Waals surface area contributed by atoms with Crippen molar-refractivity contribution in [2.24, 2.45) is 0 Å². The van der Waals surface area contributed by atoms with Crippen LogP contribution in [0.1, 0.15) is 34.6 Å². The number of fused-ring (bicyclic) bond motifs is 1. The molecule has 1 atom stereocenters. The normalized spacial score (nSPS) is 12.7. The number of carbonyl (C=O) groups is 1. The van der Waals surface area contributed by atoms with E-state index in [0.29, 0.717) is 5.52 Å². The molecule has 6 heteroatoms. The van der Waals surface area contributed by atoms with Crippen LogP contribution >= 0.6 is 11.3 Å². The number of rotatable bonds is 4. The highest BCUT2D eigenvalue weighted by molar-refractivity contribution is 7.10. The minimum Gasteiger partial charge on any atom is -0.478 e. The molecular formula is C14H13N3O2S. The summed E-state index contributed by atoms with van der Waals surface area (Å²) in [7, 11) is 0. The first-order valence-corrected chi connectivity index (χ1v) is 7.20. The fraction of sp³-hybridized carbons (Fsp3) is 0.214. The first-order chi connectivity index (χ1) is 9.70. The Hall–Kier alpha value is -2.21. The summed E-state index contributed by atoms with van der Waals surface area (Å²) in [4.78, 5) is 12.2. The fourth-order valence-electron chi connectivity index (χ4n) is 2.28. The number of hydrogen-bond acceptors (Lipinski definition) is 4. The van der Waals surface area contributed by atoms with Gasteiger partial charge in [0.05, 0.1) is 17.1 Å². The van der Waals surface area contributed by atoms with E-state index in [1.165, 1.54) is 4.88 Å². The van der Waals surface area contributed by atoms with E-state index in [9.17, 15) is 4.79 Å². The largest absolute Gasteiger partial charge is 0.478 e. The molecule has 0 aliphatic carbocycles. The number of carboxylic acid groups (broad SMARTS) is 1. The van der Waals surface area contributed by atoms with E-state index in [-0.39, 0.29) is 11.6 Å². The maximum Gasteiger partial charge on any atom is 0.335 e. The summed E-state index contributed by atoms with van der Waals surface area (Å²) in [6.07, 6.45) is 0.902. The highest BCUT2D eigenvalue weighted by Gasteiger charge is 2.17. The van der Waals surface area contributed by atoms with Crippen molar-refractivity contribution in [1.29, 1.82) is 0 Å². The van der Waals surface area contributed by atoms with Crippen molar-refractivity contribution in [3.05, 3.63) is 46.2 Å². The van der Waals surface area contributed by atoms with Gasteiger partial charge in [-0.3, -0.25) is 0 Å². The molecule has 2 aromatic heterocycles. The monoisotopic (exact) mass is 287 g/mol. The number of carboxylic acids is 1. The quantitative estimate of drug-likeness (QED) is 0.800. The highest BCUT2D eigenvalue weighted by atomic mass is 32.1. The minimum atomic E-state index is -0.952. The van der Waals surface area contributed by atoms with E-state index in [0.717, 1.165) is 11.9 Å². The van der Waals surface area contributed by atoms with E-state index in [1.807, 2.05) is 16.1 Å². The van der Waals surface area contributed by atoms with Gasteiger partial charge < -0.3 is 5.11 Å². The van der Waals surface area contributed by atoms with Crippen LogP contribution in [0.15, 0.2) is 35.7 Å². The maximum atomic E-state index is 11.0. The molecule has 3 aromatic rings. The summed E-state index contributed by atoms with van der Waals surface area (Å²) >= 11 is 1.69. The molecule has 0 spiro atoms. The Bertz CT molecular complexity index is 749. The minimum absolute atomic E-state index is 0.135. The molecular weight excluding hydrogens is 274 g/mol. The van der Waals surface area contributed by atoms with Crippen LogP contribution in [-0.2, 0) is 0 Å². The van der Waals surface area contributed by atoms with Gasteiger partial charge in [-0.2, -0.15) is 0 Å². The molecule has 3 rings (SSSR count). The lowest BCUT2D eigenvalue weighted by molar-refractivity contribution is 0.0697. The molecule has 1 aromatic carbocycles. The van der Waals surface area contributed by atoms with Crippen LogP contribution in [0.5, 0.6) is 0 Å². The molecule has 0 saturated carbocycles. The van der Waals surface area contributed by atoms with Crippen LogP contribution in [0.4, 0.5) is 0 Å². The third-order valence-electron chi connectivity index (χ3n) is 3.27. The number of aromatic carboxylic acids is 1. The predicted molar refractivity (Wildman–Crippen MR) is 77.2 cm³/mol. The van der Waals surface area contributed by atoms with Gasteiger partial charge in [0.15, 0.2) is 0 Å². The van der Waals surface area contributed by atoms with Crippen LogP contribution in [0.2, 0.25) is 0 Å². The van der Waals surface area contributed by atoms with E-state index in [1.54, 1.807) is 29.5 Å². The SMILES string of the molecule is CCC(c1cccs1)n1nnc2cc(C(=O)O)ccc21. The second-order valence-corrected chi connectivity index (χ2v) is 5.46. The Morgan fingerprint density at radius 3 is 2.95 bits per heavy atom. The summed E-state index contributed by atoms with van der Waals surface area (Å²) in [6.45, 7) is 2.10. The van der Waals surface area contributed by atoms with Gasteiger partial charge in [0, 0.05) is 4.88 Å². The Morgan fingerprint density at radius 1 is 1.45 bits per heavy atom. The van der Waals surface area contributed by atoms with Crippen molar-refractivity contribution < 1.29 is 9.90 Å². The molecule has 0 radical (unpaired) electrons. The molecule has 20 heavy (non-hydrogen) atoms. The first-order valence-electron chi connectivity index (χ1n) is 6.32. The van der Waals surface area contributed by atoms with Gasteiger partial charge in [-0.25, -0.2) is 9.48 Å². The molecule has 0 saturated heterocycles. The van der Waals surface area contributed by atoms with Gasteiger partial charge in [0.1, 0.15) is 5.52 Å². The Balaban J connectivity index is 2.10. The summed E-state index contributed by atoms with van der Waals surface area (Å²) in [5, 5.41) is 19.3. The highest BCUT2D eigenvalue weighted by Crippen LogP contribution is 2.28. The van der Waals surface area contributed by atoms with Crippen molar-refractivity contribution in [3.8, 4) is 0 Å². The van der Waals surface area contributed by atoms with E-state index < -0.39 is 5.97 Å². The fourth-order valence-corrected chi connectivity index (χ4v) is 3.18. The van der Waals surface area contributed by atoms with Gasteiger partial charge in [-0.15, -0.1) is 16.4 Å². The van der Waals surface area contributed by atoms with Crippen molar-refractivity contribution in [1.82, 2.24) is 15.0 Å². The van der Waals surface area contributed by atoms with Crippen molar-refractivity contribution in [2.75, 3.05) is 0 Å². The van der Waals surface area contributed by atoms with Gasteiger partial charge in [0.2, 0.25) is 0 Å². The number of benzene rings is 1. The Morgan fingerprint density at radius 2 is 2.30 bits per heavy atom. The van der Waals surface area contributed by atoms with Crippen LogP contribution < -0.4 is 0 Å². The number of aromatic nitrogens is 3. The van der Waals surface area contributed by atoms with Crippen LogP contribution in [0, 0.1) is 0 Å². The summed E-state index contributed by atoms with van der Waals surface area (Å²) in [5.41, 5.74) is 1.70. The van der Waals surface area contributed by atoms with Gasteiger partial charge in [0.25, 0.3) is 0 Å².